The maximum Gasteiger partial charge on any atom is 0.321 e. The number of aromatic nitrogens is 3. The van der Waals surface area contributed by atoms with Crippen LogP contribution in [-0.4, -0.2) is 39.0 Å². The molecule has 2 heterocycles. The summed E-state index contributed by atoms with van der Waals surface area (Å²) in [7, 11) is 0. The van der Waals surface area contributed by atoms with Gasteiger partial charge in [0.25, 0.3) is 0 Å². The zero-order valence-electron chi connectivity index (χ0n) is 15.7. The van der Waals surface area contributed by atoms with E-state index >= 15 is 0 Å². The second-order valence-corrected chi connectivity index (χ2v) is 7.45. The molecule has 0 aliphatic rings. The van der Waals surface area contributed by atoms with Crippen LogP contribution in [0.15, 0.2) is 52.2 Å². The van der Waals surface area contributed by atoms with Crippen LogP contribution in [0.1, 0.15) is 19.1 Å². The average molecular weight is 434 g/mol. The van der Waals surface area contributed by atoms with Crippen LogP contribution in [0.4, 0.5) is 4.79 Å². The highest BCUT2D eigenvalue weighted by atomic mass is 35.5. The van der Waals surface area contributed by atoms with Gasteiger partial charge in [-0.1, -0.05) is 30.3 Å². The molecule has 3 aromatic rings. The summed E-state index contributed by atoms with van der Waals surface area (Å²) in [6, 6.07) is 10.4. The molecule has 0 bridgehead atoms. The third-order valence-corrected chi connectivity index (χ3v) is 5.05. The lowest BCUT2D eigenvalue weighted by Gasteiger charge is -2.09. The van der Waals surface area contributed by atoms with E-state index in [9.17, 15) is 9.59 Å². The predicted octanol–water partition coefficient (Wildman–Crippen LogP) is 3.57. The Kier molecular flexibility index (Phi) is 7.31. The standard InChI is InChI=1S/C19H20ClN5O3S/c1-2-9-21-18(27)22-16(26)12-29-19-24-23-17(13-5-7-14(20)8-6-13)25(19)11-15-4-3-10-28-15/h3-8,10H,2,9,11-12H2,1H3,(H2,21,22,26,27). The number of rotatable bonds is 8. The van der Waals surface area contributed by atoms with Gasteiger partial charge in [-0.05, 0) is 42.8 Å². The number of carbonyl (C=O) groups is 2. The normalized spacial score (nSPS) is 10.7. The number of amides is 3. The summed E-state index contributed by atoms with van der Waals surface area (Å²) < 4.78 is 7.31. The van der Waals surface area contributed by atoms with Crippen LogP contribution in [0.3, 0.4) is 0 Å². The van der Waals surface area contributed by atoms with Crippen LogP contribution in [0.5, 0.6) is 0 Å². The lowest BCUT2D eigenvalue weighted by molar-refractivity contribution is -0.117. The van der Waals surface area contributed by atoms with Crippen molar-refractivity contribution < 1.29 is 14.0 Å². The molecule has 0 spiro atoms. The van der Waals surface area contributed by atoms with Crippen molar-refractivity contribution in [1.82, 2.24) is 25.4 Å². The van der Waals surface area contributed by atoms with Gasteiger partial charge in [0.15, 0.2) is 11.0 Å². The Morgan fingerprint density at radius 1 is 1.21 bits per heavy atom. The van der Waals surface area contributed by atoms with E-state index in [4.69, 9.17) is 16.0 Å². The molecule has 0 atom stereocenters. The lowest BCUT2D eigenvalue weighted by atomic mass is 10.2. The number of urea groups is 1. The summed E-state index contributed by atoms with van der Waals surface area (Å²) in [4.78, 5) is 23.7. The quantitative estimate of drug-likeness (QED) is 0.526. The Morgan fingerprint density at radius 2 is 2.00 bits per heavy atom. The van der Waals surface area contributed by atoms with Crippen molar-refractivity contribution in [2.24, 2.45) is 0 Å². The molecule has 3 amide bonds. The van der Waals surface area contributed by atoms with Crippen LogP contribution >= 0.6 is 23.4 Å². The topological polar surface area (TPSA) is 102 Å². The number of imide groups is 1. The second kappa shape index (κ2) is 10.1. The molecule has 3 rings (SSSR count). The molecular weight excluding hydrogens is 414 g/mol. The van der Waals surface area contributed by atoms with Crippen LogP contribution < -0.4 is 10.6 Å². The Bertz CT molecular complexity index is 957. The second-order valence-electron chi connectivity index (χ2n) is 6.07. The molecule has 0 unspecified atom stereocenters. The molecule has 0 fully saturated rings. The molecular formula is C19H20ClN5O3S. The monoisotopic (exact) mass is 433 g/mol. The van der Waals surface area contributed by atoms with Crippen molar-refractivity contribution in [3.05, 3.63) is 53.4 Å². The van der Waals surface area contributed by atoms with Crippen molar-refractivity contribution >= 4 is 35.3 Å². The third-order valence-electron chi connectivity index (χ3n) is 3.83. The van der Waals surface area contributed by atoms with Gasteiger partial charge in [-0.15, -0.1) is 10.2 Å². The van der Waals surface area contributed by atoms with E-state index in [0.29, 0.717) is 29.1 Å². The third kappa shape index (κ3) is 5.85. The molecule has 0 radical (unpaired) electrons. The molecule has 8 nitrogen and oxygen atoms in total. The number of furan rings is 1. The fourth-order valence-corrected chi connectivity index (χ4v) is 3.35. The number of hydrogen-bond donors (Lipinski definition) is 2. The van der Waals surface area contributed by atoms with E-state index in [1.165, 1.54) is 11.8 Å². The maximum absolute atomic E-state index is 12.0. The van der Waals surface area contributed by atoms with Gasteiger partial charge in [0.05, 0.1) is 18.6 Å². The summed E-state index contributed by atoms with van der Waals surface area (Å²) in [6.45, 7) is 2.84. The SMILES string of the molecule is CCCNC(=O)NC(=O)CSc1nnc(-c2ccc(Cl)cc2)n1Cc1ccco1. The molecule has 29 heavy (non-hydrogen) atoms. The highest BCUT2D eigenvalue weighted by Gasteiger charge is 2.17. The van der Waals surface area contributed by atoms with Crippen molar-refractivity contribution in [1.29, 1.82) is 0 Å². The highest BCUT2D eigenvalue weighted by Crippen LogP contribution is 2.26. The minimum atomic E-state index is -0.503. The molecule has 2 N–H and O–H groups in total. The molecule has 0 aliphatic carbocycles. The van der Waals surface area contributed by atoms with Crippen molar-refractivity contribution in [3.63, 3.8) is 0 Å². The van der Waals surface area contributed by atoms with E-state index in [1.54, 1.807) is 24.5 Å². The van der Waals surface area contributed by atoms with Crippen molar-refractivity contribution in [3.8, 4) is 11.4 Å². The summed E-state index contributed by atoms with van der Waals surface area (Å²) in [5, 5.41) is 14.5. The van der Waals surface area contributed by atoms with Crippen LogP contribution in [0.25, 0.3) is 11.4 Å². The van der Waals surface area contributed by atoms with E-state index in [0.717, 1.165) is 17.7 Å². The van der Waals surface area contributed by atoms with E-state index in [1.807, 2.05) is 29.7 Å². The van der Waals surface area contributed by atoms with Crippen LogP contribution in [0.2, 0.25) is 5.02 Å². The molecule has 1 aromatic carbocycles. The van der Waals surface area contributed by atoms with E-state index in [-0.39, 0.29) is 5.75 Å². The zero-order chi connectivity index (χ0) is 20.6. The molecule has 10 heteroatoms. The van der Waals surface area contributed by atoms with Crippen LogP contribution in [0, 0.1) is 0 Å². The number of benzene rings is 1. The van der Waals surface area contributed by atoms with Gasteiger partial charge < -0.3 is 9.73 Å². The first kappa shape index (κ1) is 20.9. The Morgan fingerprint density at radius 3 is 2.69 bits per heavy atom. The van der Waals surface area contributed by atoms with Gasteiger partial charge in [-0.2, -0.15) is 0 Å². The zero-order valence-corrected chi connectivity index (χ0v) is 17.3. The van der Waals surface area contributed by atoms with Crippen molar-refractivity contribution in [2.45, 2.75) is 25.0 Å². The Balaban J connectivity index is 1.74. The Labute approximate surface area is 177 Å². The molecule has 0 aliphatic heterocycles. The number of hydrogen-bond acceptors (Lipinski definition) is 6. The molecule has 2 aromatic heterocycles. The fourth-order valence-electron chi connectivity index (χ4n) is 2.48. The number of nitrogens with one attached hydrogen (secondary N) is 2. The molecule has 0 saturated carbocycles. The number of thioether (sulfide) groups is 1. The van der Waals surface area contributed by atoms with Crippen LogP contribution in [-0.2, 0) is 11.3 Å². The minimum absolute atomic E-state index is 0.0243. The van der Waals surface area contributed by atoms with Gasteiger partial charge in [-0.3, -0.25) is 14.7 Å². The summed E-state index contributed by atoms with van der Waals surface area (Å²) >= 11 is 7.17. The van der Waals surface area contributed by atoms with Gasteiger partial charge in [-0.25, -0.2) is 4.79 Å². The first-order chi connectivity index (χ1) is 14.1. The molecule has 0 saturated heterocycles. The van der Waals surface area contributed by atoms with Gasteiger partial charge in [0, 0.05) is 17.1 Å². The number of carbonyl (C=O) groups excluding carboxylic acids is 2. The number of nitrogens with zero attached hydrogens (tertiary/aromatic N) is 3. The lowest BCUT2D eigenvalue weighted by Crippen LogP contribution is -2.40. The van der Waals surface area contributed by atoms with Crippen molar-refractivity contribution in [2.75, 3.05) is 12.3 Å². The van der Waals surface area contributed by atoms with Gasteiger partial charge in [0.2, 0.25) is 5.91 Å². The maximum atomic E-state index is 12.0. The first-order valence-corrected chi connectivity index (χ1v) is 10.3. The van der Waals surface area contributed by atoms with E-state index < -0.39 is 11.9 Å². The van der Waals surface area contributed by atoms with E-state index in [2.05, 4.69) is 20.8 Å². The van der Waals surface area contributed by atoms with Gasteiger partial charge >= 0.3 is 6.03 Å². The predicted molar refractivity (Wildman–Crippen MR) is 111 cm³/mol. The summed E-state index contributed by atoms with van der Waals surface area (Å²) in [6.07, 6.45) is 2.39. The minimum Gasteiger partial charge on any atom is -0.467 e. The highest BCUT2D eigenvalue weighted by molar-refractivity contribution is 7.99. The summed E-state index contributed by atoms with van der Waals surface area (Å²) in [5.74, 6) is 0.965. The smallest absolute Gasteiger partial charge is 0.321 e. The largest absolute Gasteiger partial charge is 0.467 e. The average Bonchev–Trinajstić information content (AvgIpc) is 3.36. The molecule has 152 valence electrons. The Hall–Kier alpha value is -2.78. The number of halogens is 1. The fraction of sp³-hybridized carbons (Fsp3) is 0.263. The summed E-state index contributed by atoms with van der Waals surface area (Å²) in [5.41, 5.74) is 0.837. The first-order valence-electron chi connectivity index (χ1n) is 8.98. The van der Waals surface area contributed by atoms with Gasteiger partial charge in [0.1, 0.15) is 5.76 Å².